The van der Waals surface area contributed by atoms with Crippen molar-refractivity contribution in [3.8, 4) is 0 Å². The molecule has 8 heteroatoms. The Labute approximate surface area is 140 Å². The summed E-state index contributed by atoms with van der Waals surface area (Å²) < 4.78 is 25.2. The molecule has 0 radical (unpaired) electrons. The van der Waals surface area contributed by atoms with Crippen LogP contribution in [0.3, 0.4) is 0 Å². The van der Waals surface area contributed by atoms with Crippen molar-refractivity contribution in [2.24, 2.45) is 0 Å². The number of hydrogen-bond acceptors (Lipinski definition) is 6. The number of aromatic nitrogens is 3. The highest BCUT2D eigenvalue weighted by molar-refractivity contribution is 7.91. The van der Waals surface area contributed by atoms with Crippen molar-refractivity contribution in [1.82, 2.24) is 20.1 Å². The van der Waals surface area contributed by atoms with Crippen molar-refractivity contribution in [2.45, 2.75) is 38.8 Å². The summed E-state index contributed by atoms with van der Waals surface area (Å²) in [4.78, 5) is 4.44. The number of sulfone groups is 1. The third-order valence-electron chi connectivity index (χ3n) is 4.23. The van der Waals surface area contributed by atoms with Gasteiger partial charge in [0.05, 0.1) is 33.9 Å². The van der Waals surface area contributed by atoms with Gasteiger partial charge in [-0.05, 0) is 20.3 Å². The average Bonchev–Trinajstić information content (AvgIpc) is 3.16. The van der Waals surface area contributed by atoms with Crippen LogP contribution in [-0.4, -0.2) is 41.2 Å². The highest BCUT2D eigenvalue weighted by Crippen LogP contribution is 2.30. The smallest absolute Gasteiger partial charge is 0.152 e. The van der Waals surface area contributed by atoms with Crippen LogP contribution in [0.2, 0.25) is 0 Å². The number of aryl methyl sites for hydroxylation is 1. The lowest BCUT2D eigenvalue weighted by Gasteiger charge is -2.22. The predicted molar refractivity (Wildman–Crippen MR) is 91.4 cm³/mol. The number of hydrogen-bond donors (Lipinski definition) is 1. The van der Waals surface area contributed by atoms with Crippen LogP contribution in [0.25, 0.3) is 0 Å². The van der Waals surface area contributed by atoms with Gasteiger partial charge < -0.3 is 5.32 Å². The van der Waals surface area contributed by atoms with E-state index < -0.39 is 15.4 Å². The Morgan fingerprint density at radius 1 is 1.48 bits per heavy atom. The van der Waals surface area contributed by atoms with E-state index in [0.717, 1.165) is 35.8 Å². The molecule has 0 bridgehead atoms. The Balaban J connectivity index is 1.52. The Morgan fingerprint density at radius 3 is 2.96 bits per heavy atom. The topological polar surface area (TPSA) is 76.9 Å². The first-order valence-electron chi connectivity index (χ1n) is 7.73. The third kappa shape index (κ3) is 3.99. The van der Waals surface area contributed by atoms with Crippen molar-refractivity contribution < 1.29 is 8.42 Å². The molecule has 6 nitrogen and oxygen atoms in total. The zero-order chi connectivity index (χ0) is 16.5. The molecular formula is C15H22N4O2S2. The largest absolute Gasteiger partial charge is 0.312 e. The molecule has 1 fully saturated rings. The molecule has 2 aromatic rings. The third-order valence-corrected chi connectivity index (χ3v) is 6.94. The van der Waals surface area contributed by atoms with Gasteiger partial charge >= 0.3 is 0 Å². The van der Waals surface area contributed by atoms with Crippen LogP contribution in [0.5, 0.6) is 0 Å². The Morgan fingerprint density at radius 2 is 2.30 bits per heavy atom. The molecule has 0 saturated carbocycles. The van der Waals surface area contributed by atoms with Crippen LogP contribution in [0.1, 0.15) is 29.6 Å². The van der Waals surface area contributed by atoms with E-state index in [0.29, 0.717) is 6.42 Å². The van der Waals surface area contributed by atoms with E-state index in [-0.39, 0.29) is 11.5 Å². The molecule has 0 unspecified atom stereocenters. The normalized spacial score (nSPS) is 23.4. The van der Waals surface area contributed by atoms with Crippen molar-refractivity contribution >= 4 is 21.2 Å². The number of thiazole rings is 1. The summed E-state index contributed by atoms with van der Waals surface area (Å²) in [5, 5.41) is 11.0. The molecule has 0 amide bonds. The molecule has 1 saturated heterocycles. The summed E-state index contributed by atoms with van der Waals surface area (Å²) in [5.74, 6) is 0.432. The van der Waals surface area contributed by atoms with Crippen molar-refractivity contribution in [2.75, 3.05) is 18.1 Å². The lowest BCUT2D eigenvalue weighted by atomic mass is 10.0. The standard InChI is InChI=1S/C15H22N4O2S2/c1-12-18-14(10-22-12)3-5-16-7-13-8-17-19(9-13)15(2)4-6-23(20,21)11-15/h8-10,16H,3-7,11H2,1-2H3/t15-/m0/s1. The predicted octanol–water partition coefficient (Wildman–Crippen LogP) is 1.51. The van der Waals surface area contributed by atoms with Gasteiger partial charge in [0.1, 0.15) is 0 Å². The van der Waals surface area contributed by atoms with Gasteiger partial charge in [0.2, 0.25) is 0 Å². The van der Waals surface area contributed by atoms with Crippen molar-refractivity contribution in [3.05, 3.63) is 34.0 Å². The number of nitrogens with one attached hydrogen (secondary N) is 1. The van der Waals surface area contributed by atoms with Crippen LogP contribution in [0, 0.1) is 6.92 Å². The van der Waals surface area contributed by atoms with Crippen molar-refractivity contribution in [1.29, 1.82) is 0 Å². The van der Waals surface area contributed by atoms with E-state index in [4.69, 9.17) is 0 Å². The minimum absolute atomic E-state index is 0.178. The number of nitrogens with zero attached hydrogens (tertiary/aromatic N) is 3. The van der Waals surface area contributed by atoms with Crippen LogP contribution < -0.4 is 5.32 Å². The molecule has 0 aliphatic carbocycles. The fraction of sp³-hybridized carbons (Fsp3) is 0.600. The summed E-state index contributed by atoms with van der Waals surface area (Å²) in [6.45, 7) is 5.57. The summed E-state index contributed by atoms with van der Waals surface area (Å²) in [6.07, 6.45) is 5.32. The molecular weight excluding hydrogens is 332 g/mol. The maximum Gasteiger partial charge on any atom is 0.152 e. The molecule has 3 heterocycles. The molecule has 3 rings (SSSR count). The minimum Gasteiger partial charge on any atom is -0.312 e. The van der Waals surface area contributed by atoms with Gasteiger partial charge in [0.15, 0.2) is 9.84 Å². The van der Waals surface area contributed by atoms with Gasteiger partial charge in [-0.25, -0.2) is 13.4 Å². The second kappa shape index (κ2) is 6.33. The molecule has 126 valence electrons. The van der Waals surface area contributed by atoms with Crippen molar-refractivity contribution in [3.63, 3.8) is 0 Å². The minimum atomic E-state index is -2.92. The lowest BCUT2D eigenvalue weighted by Crippen LogP contribution is -2.31. The zero-order valence-corrected chi connectivity index (χ0v) is 15.1. The number of rotatable bonds is 6. The van der Waals surface area contributed by atoms with E-state index in [1.807, 2.05) is 30.9 Å². The molecule has 1 N–H and O–H groups in total. The molecule has 23 heavy (non-hydrogen) atoms. The molecule has 0 spiro atoms. The van der Waals surface area contributed by atoms with E-state index in [1.165, 1.54) is 0 Å². The van der Waals surface area contributed by atoms with Crippen LogP contribution >= 0.6 is 11.3 Å². The van der Waals surface area contributed by atoms with Gasteiger partial charge in [-0.2, -0.15) is 5.10 Å². The average molecular weight is 355 g/mol. The first kappa shape index (κ1) is 16.6. The van der Waals surface area contributed by atoms with E-state index >= 15 is 0 Å². The van der Waals surface area contributed by atoms with E-state index in [1.54, 1.807) is 11.3 Å². The van der Waals surface area contributed by atoms with Crippen LogP contribution in [0.15, 0.2) is 17.8 Å². The Kier molecular flexibility index (Phi) is 4.57. The quantitative estimate of drug-likeness (QED) is 0.796. The molecule has 1 atom stereocenters. The highest BCUT2D eigenvalue weighted by atomic mass is 32.2. The highest BCUT2D eigenvalue weighted by Gasteiger charge is 2.40. The zero-order valence-electron chi connectivity index (χ0n) is 13.4. The Hall–Kier alpha value is -1.25. The first-order chi connectivity index (χ1) is 10.9. The molecule has 1 aliphatic heterocycles. The lowest BCUT2D eigenvalue weighted by molar-refractivity contribution is 0.328. The second-order valence-electron chi connectivity index (χ2n) is 6.42. The van der Waals surface area contributed by atoms with E-state index in [2.05, 4.69) is 20.8 Å². The maximum atomic E-state index is 11.7. The summed E-state index contributed by atoms with van der Waals surface area (Å²) >= 11 is 1.67. The fourth-order valence-electron chi connectivity index (χ4n) is 2.89. The summed E-state index contributed by atoms with van der Waals surface area (Å²) in [5.41, 5.74) is 1.79. The monoisotopic (exact) mass is 354 g/mol. The van der Waals surface area contributed by atoms with Crippen LogP contribution in [-0.2, 0) is 28.3 Å². The summed E-state index contributed by atoms with van der Waals surface area (Å²) in [7, 11) is -2.92. The van der Waals surface area contributed by atoms with Crippen LogP contribution in [0.4, 0.5) is 0 Å². The van der Waals surface area contributed by atoms with Gasteiger partial charge in [-0.15, -0.1) is 11.3 Å². The summed E-state index contributed by atoms with van der Waals surface area (Å²) in [6, 6.07) is 0. The van der Waals surface area contributed by atoms with Gasteiger partial charge in [-0.3, -0.25) is 4.68 Å². The SMILES string of the molecule is Cc1nc(CCNCc2cnn([C@@]3(C)CCS(=O)(=O)C3)c2)cs1. The fourth-order valence-corrected chi connectivity index (χ4v) is 5.66. The second-order valence-corrected chi connectivity index (χ2v) is 9.66. The van der Waals surface area contributed by atoms with Gasteiger partial charge in [0.25, 0.3) is 0 Å². The van der Waals surface area contributed by atoms with Gasteiger partial charge in [0, 0.05) is 36.7 Å². The maximum absolute atomic E-state index is 11.7. The molecule has 2 aromatic heterocycles. The van der Waals surface area contributed by atoms with Gasteiger partial charge in [-0.1, -0.05) is 0 Å². The Bertz CT molecular complexity index is 781. The van der Waals surface area contributed by atoms with E-state index in [9.17, 15) is 8.42 Å². The first-order valence-corrected chi connectivity index (χ1v) is 10.4. The molecule has 0 aromatic carbocycles. The molecule has 1 aliphatic rings.